The van der Waals surface area contributed by atoms with Crippen molar-refractivity contribution in [1.29, 1.82) is 0 Å². The predicted octanol–water partition coefficient (Wildman–Crippen LogP) is 4.81. The first-order valence-electron chi connectivity index (χ1n) is 10.1. The molecular weight excluding hydrogens is 392 g/mol. The zero-order chi connectivity index (χ0) is 22.2. The zero-order valence-electron chi connectivity index (χ0n) is 17.8. The number of carbonyl (C=O) groups excluding carboxylic acids is 2. The number of nitrogens with one attached hydrogen (secondary N) is 2. The summed E-state index contributed by atoms with van der Waals surface area (Å²) in [6, 6.07) is 23.7. The van der Waals surface area contributed by atoms with Gasteiger partial charge in [-0.25, -0.2) is 0 Å². The maximum atomic E-state index is 12.6. The van der Waals surface area contributed by atoms with Gasteiger partial charge in [0.25, 0.3) is 11.8 Å². The highest BCUT2D eigenvalue weighted by atomic mass is 16.5. The highest BCUT2D eigenvalue weighted by molar-refractivity contribution is 5.98. The van der Waals surface area contributed by atoms with Crippen molar-refractivity contribution in [3.63, 3.8) is 0 Å². The number of para-hydroxylation sites is 2. The van der Waals surface area contributed by atoms with Gasteiger partial charge in [0.1, 0.15) is 11.5 Å². The largest absolute Gasteiger partial charge is 0.481 e. The Morgan fingerprint density at radius 3 is 1.42 bits per heavy atom. The molecule has 2 N–H and O–H groups in total. The normalized spacial score (nSPS) is 12.4. The smallest absolute Gasteiger partial charge is 0.265 e. The average Bonchev–Trinajstić information content (AvgIpc) is 2.77. The van der Waals surface area contributed by atoms with E-state index in [4.69, 9.17) is 9.47 Å². The van der Waals surface area contributed by atoms with Gasteiger partial charge in [0.15, 0.2) is 12.2 Å². The fourth-order valence-electron chi connectivity index (χ4n) is 2.89. The summed E-state index contributed by atoms with van der Waals surface area (Å²) in [5.41, 5.74) is 1.94. The molecule has 31 heavy (non-hydrogen) atoms. The van der Waals surface area contributed by atoms with Crippen molar-refractivity contribution in [2.75, 3.05) is 10.6 Å². The molecule has 160 valence electrons. The van der Waals surface area contributed by atoms with Crippen molar-refractivity contribution < 1.29 is 19.1 Å². The highest BCUT2D eigenvalue weighted by Gasteiger charge is 2.19. The summed E-state index contributed by atoms with van der Waals surface area (Å²) in [5.74, 6) is 0.679. The monoisotopic (exact) mass is 418 g/mol. The van der Waals surface area contributed by atoms with Crippen LogP contribution < -0.4 is 20.1 Å². The summed E-state index contributed by atoms with van der Waals surface area (Å²) in [4.78, 5) is 25.1. The molecule has 2 atom stereocenters. The predicted molar refractivity (Wildman–Crippen MR) is 122 cm³/mol. The molecule has 0 saturated carbocycles. The third-order valence-corrected chi connectivity index (χ3v) is 4.70. The SMILES string of the molecule is Cc1c(NC(=O)C(C)Oc2ccccc2)cccc1NC(=O)C(C)Oc1ccccc1. The highest BCUT2D eigenvalue weighted by Crippen LogP contribution is 2.24. The van der Waals surface area contributed by atoms with Gasteiger partial charge in [-0.1, -0.05) is 42.5 Å². The number of ether oxygens (including phenoxy) is 2. The van der Waals surface area contributed by atoms with Gasteiger partial charge < -0.3 is 20.1 Å². The van der Waals surface area contributed by atoms with Crippen LogP contribution in [0.3, 0.4) is 0 Å². The molecule has 0 saturated heterocycles. The van der Waals surface area contributed by atoms with Gasteiger partial charge in [-0.2, -0.15) is 0 Å². The van der Waals surface area contributed by atoms with Crippen LogP contribution >= 0.6 is 0 Å². The van der Waals surface area contributed by atoms with Crippen LogP contribution in [0.2, 0.25) is 0 Å². The number of hydrogen-bond donors (Lipinski definition) is 2. The standard InChI is InChI=1S/C25H26N2O4/c1-17-22(26-24(28)18(2)30-20-11-6-4-7-12-20)15-10-16-23(17)27-25(29)19(3)31-21-13-8-5-9-14-21/h4-16,18-19H,1-3H3,(H,26,28)(H,27,29). The molecular formula is C25H26N2O4. The molecule has 3 aromatic rings. The molecule has 0 spiro atoms. The van der Waals surface area contributed by atoms with E-state index in [1.165, 1.54) is 0 Å². The van der Waals surface area contributed by atoms with Crippen molar-refractivity contribution in [1.82, 2.24) is 0 Å². The van der Waals surface area contributed by atoms with Crippen molar-refractivity contribution >= 4 is 23.2 Å². The van der Waals surface area contributed by atoms with E-state index in [1.54, 1.807) is 56.3 Å². The van der Waals surface area contributed by atoms with Gasteiger partial charge >= 0.3 is 0 Å². The lowest BCUT2D eigenvalue weighted by atomic mass is 10.1. The lowest BCUT2D eigenvalue weighted by Gasteiger charge is -2.18. The van der Waals surface area contributed by atoms with E-state index in [1.807, 2.05) is 43.3 Å². The second-order valence-corrected chi connectivity index (χ2v) is 7.10. The molecule has 3 rings (SSSR count). The minimum atomic E-state index is -0.681. The molecule has 0 aromatic heterocycles. The third-order valence-electron chi connectivity index (χ3n) is 4.70. The van der Waals surface area contributed by atoms with E-state index in [2.05, 4.69) is 10.6 Å². The van der Waals surface area contributed by atoms with Crippen LogP contribution in [0.25, 0.3) is 0 Å². The van der Waals surface area contributed by atoms with Crippen LogP contribution in [0, 0.1) is 6.92 Å². The van der Waals surface area contributed by atoms with Gasteiger partial charge in [-0.05, 0) is 62.7 Å². The number of rotatable bonds is 8. The van der Waals surface area contributed by atoms with Gasteiger partial charge in [-0.15, -0.1) is 0 Å². The Balaban J connectivity index is 1.62. The fourth-order valence-corrected chi connectivity index (χ4v) is 2.89. The molecule has 0 aliphatic carbocycles. The van der Waals surface area contributed by atoms with Crippen LogP contribution in [-0.4, -0.2) is 24.0 Å². The summed E-state index contributed by atoms with van der Waals surface area (Å²) >= 11 is 0. The van der Waals surface area contributed by atoms with E-state index in [0.29, 0.717) is 22.9 Å². The maximum Gasteiger partial charge on any atom is 0.265 e. The molecule has 0 heterocycles. The van der Waals surface area contributed by atoms with E-state index >= 15 is 0 Å². The van der Waals surface area contributed by atoms with Crippen molar-refractivity contribution in [2.45, 2.75) is 33.0 Å². The summed E-state index contributed by atoms with van der Waals surface area (Å²) in [5, 5.41) is 5.73. The van der Waals surface area contributed by atoms with E-state index in [0.717, 1.165) is 5.56 Å². The average molecular weight is 418 g/mol. The molecule has 2 amide bonds. The Kier molecular flexibility index (Phi) is 7.27. The number of hydrogen-bond acceptors (Lipinski definition) is 4. The van der Waals surface area contributed by atoms with Crippen LogP contribution in [-0.2, 0) is 9.59 Å². The second kappa shape index (κ2) is 10.3. The molecule has 0 fully saturated rings. The Morgan fingerprint density at radius 1 is 0.645 bits per heavy atom. The number of anilines is 2. The third kappa shape index (κ3) is 6.09. The van der Waals surface area contributed by atoms with E-state index < -0.39 is 12.2 Å². The molecule has 0 bridgehead atoms. The quantitative estimate of drug-likeness (QED) is 0.551. The minimum absolute atomic E-state index is 0.281. The summed E-state index contributed by atoms with van der Waals surface area (Å²) in [6.07, 6.45) is -1.36. The van der Waals surface area contributed by atoms with Gasteiger partial charge in [0.2, 0.25) is 0 Å². The zero-order valence-corrected chi connectivity index (χ0v) is 17.8. The Morgan fingerprint density at radius 2 is 1.03 bits per heavy atom. The number of amides is 2. The van der Waals surface area contributed by atoms with Crippen molar-refractivity contribution in [3.05, 3.63) is 84.4 Å². The topological polar surface area (TPSA) is 76.7 Å². The lowest BCUT2D eigenvalue weighted by molar-refractivity contribution is -0.122. The number of benzene rings is 3. The summed E-state index contributed by atoms with van der Waals surface area (Å²) in [6.45, 7) is 5.20. The summed E-state index contributed by atoms with van der Waals surface area (Å²) in [7, 11) is 0. The van der Waals surface area contributed by atoms with Crippen LogP contribution in [0.4, 0.5) is 11.4 Å². The molecule has 2 unspecified atom stereocenters. The number of carbonyl (C=O) groups is 2. The van der Waals surface area contributed by atoms with Gasteiger partial charge in [0, 0.05) is 11.4 Å². The van der Waals surface area contributed by atoms with Crippen molar-refractivity contribution in [3.8, 4) is 11.5 Å². The van der Waals surface area contributed by atoms with E-state index in [-0.39, 0.29) is 11.8 Å². The molecule has 0 radical (unpaired) electrons. The minimum Gasteiger partial charge on any atom is -0.481 e. The Bertz CT molecular complexity index is 942. The lowest BCUT2D eigenvalue weighted by Crippen LogP contribution is -2.31. The summed E-state index contributed by atoms with van der Waals surface area (Å²) < 4.78 is 11.3. The molecule has 0 aliphatic rings. The van der Waals surface area contributed by atoms with Crippen LogP contribution in [0.1, 0.15) is 19.4 Å². The van der Waals surface area contributed by atoms with Gasteiger partial charge in [0.05, 0.1) is 0 Å². The second-order valence-electron chi connectivity index (χ2n) is 7.10. The van der Waals surface area contributed by atoms with Crippen LogP contribution in [0.5, 0.6) is 11.5 Å². The Hall–Kier alpha value is -3.80. The van der Waals surface area contributed by atoms with Crippen LogP contribution in [0.15, 0.2) is 78.9 Å². The molecule has 6 heteroatoms. The molecule has 6 nitrogen and oxygen atoms in total. The van der Waals surface area contributed by atoms with E-state index in [9.17, 15) is 9.59 Å². The first-order valence-corrected chi connectivity index (χ1v) is 10.1. The Labute approximate surface area is 182 Å². The first kappa shape index (κ1) is 21.9. The molecule has 0 aliphatic heterocycles. The first-order chi connectivity index (χ1) is 14.9. The van der Waals surface area contributed by atoms with Gasteiger partial charge in [-0.3, -0.25) is 9.59 Å². The maximum absolute atomic E-state index is 12.6. The fraction of sp³-hybridized carbons (Fsp3) is 0.200. The molecule has 3 aromatic carbocycles. The van der Waals surface area contributed by atoms with Crippen molar-refractivity contribution in [2.24, 2.45) is 0 Å².